The number of methoxy groups -OCH3 is 1. The number of aromatic nitrogens is 2. The van der Waals surface area contributed by atoms with Crippen LogP contribution in [0.5, 0.6) is 5.75 Å². The molecule has 0 aliphatic rings. The van der Waals surface area contributed by atoms with Gasteiger partial charge in [-0.05, 0) is 48.5 Å². The smallest absolute Gasteiger partial charge is 0.146 e. The molecule has 0 fully saturated rings. The number of pyridine rings is 2. The van der Waals surface area contributed by atoms with E-state index in [1.807, 2.05) is 60.7 Å². The molecule has 0 saturated carbocycles. The molecule has 23 heavy (non-hydrogen) atoms. The molecule has 0 atom stereocenters. The van der Waals surface area contributed by atoms with E-state index in [-0.39, 0.29) is 0 Å². The highest BCUT2D eigenvalue weighted by molar-refractivity contribution is 6.11. The van der Waals surface area contributed by atoms with E-state index in [1.54, 1.807) is 19.5 Å². The third kappa shape index (κ3) is 3.71. The molecular formula is C18H16N4O. The average molecular weight is 304 g/mol. The van der Waals surface area contributed by atoms with E-state index in [0.717, 1.165) is 22.7 Å². The molecule has 0 amide bonds. The Morgan fingerprint density at radius 3 is 2.26 bits per heavy atom. The number of nitrogens with one attached hydrogen (secondary N) is 1. The molecule has 0 bridgehead atoms. The van der Waals surface area contributed by atoms with Crippen LogP contribution in [0.2, 0.25) is 0 Å². The second-order valence-electron chi connectivity index (χ2n) is 4.73. The summed E-state index contributed by atoms with van der Waals surface area (Å²) >= 11 is 0. The van der Waals surface area contributed by atoms with Crippen LogP contribution in [0.4, 0.5) is 5.82 Å². The molecule has 5 heteroatoms. The first-order valence-corrected chi connectivity index (χ1v) is 7.17. The SMILES string of the molecule is COc1ccc(/C(=N/Nc2ccccn2)c2ccccn2)cc1. The predicted octanol–water partition coefficient (Wildman–Crippen LogP) is 3.35. The predicted molar refractivity (Wildman–Crippen MR) is 90.7 cm³/mol. The first kappa shape index (κ1) is 14.7. The Morgan fingerprint density at radius 2 is 1.65 bits per heavy atom. The van der Waals surface area contributed by atoms with Crippen LogP contribution in [0.15, 0.2) is 78.2 Å². The van der Waals surface area contributed by atoms with E-state index in [4.69, 9.17) is 4.74 Å². The lowest BCUT2D eigenvalue weighted by molar-refractivity contribution is 0.415. The molecule has 3 aromatic rings. The summed E-state index contributed by atoms with van der Waals surface area (Å²) < 4.78 is 5.20. The lowest BCUT2D eigenvalue weighted by Gasteiger charge is -2.08. The van der Waals surface area contributed by atoms with Crippen molar-refractivity contribution in [2.24, 2.45) is 5.10 Å². The Kier molecular flexibility index (Phi) is 4.59. The van der Waals surface area contributed by atoms with Gasteiger partial charge >= 0.3 is 0 Å². The first-order chi connectivity index (χ1) is 11.4. The van der Waals surface area contributed by atoms with E-state index in [1.165, 1.54) is 0 Å². The van der Waals surface area contributed by atoms with Gasteiger partial charge in [-0.1, -0.05) is 12.1 Å². The van der Waals surface area contributed by atoms with Crippen LogP contribution in [0, 0.1) is 0 Å². The maximum Gasteiger partial charge on any atom is 0.146 e. The number of anilines is 1. The molecule has 0 aliphatic heterocycles. The molecule has 1 N–H and O–H groups in total. The summed E-state index contributed by atoms with van der Waals surface area (Å²) in [6.07, 6.45) is 3.46. The molecular weight excluding hydrogens is 288 g/mol. The summed E-state index contributed by atoms with van der Waals surface area (Å²) in [6, 6.07) is 19.0. The van der Waals surface area contributed by atoms with Crippen LogP contribution >= 0.6 is 0 Å². The highest BCUT2D eigenvalue weighted by atomic mass is 16.5. The van der Waals surface area contributed by atoms with Crippen molar-refractivity contribution in [3.05, 3.63) is 84.3 Å². The molecule has 0 unspecified atom stereocenters. The second kappa shape index (κ2) is 7.17. The number of ether oxygens (including phenoxy) is 1. The van der Waals surface area contributed by atoms with Crippen molar-refractivity contribution >= 4 is 11.5 Å². The van der Waals surface area contributed by atoms with Gasteiger partial charge in [0.2, 0.25) is 0 Å². The Bertz CT molecular complexity index is 771. The second-order valence-corrected chi connectivity index (χ2v) is 4.73. The van der Waals surface area contributed by atoms with Crippen molar-refractivity contribution in [3.8, 4) is 5.75 Å². The first-order valence-electron chi connectivity index (χ1n) is 7.17. The monoisotopic (exact) mass is 304 g/mol. The van der Waals surface area contributed by atoms with Gasteiger partial charge < -0.3 is 4.74 Å². The fraction of sp³-hybridized carbons (Fsp3) is 0.0556. The van der Waals surface area contributed by atoms with Gasteiger partial charge in [-0.15, -0.1) is 0 Å². The Balaban J connectivity index is 1.96. The number of benzene rings is 1. The summed E-state index contributed by atoms with van der Waals surface area (Å²) in [5, 5.41) is 4.49. The van der Waals surface area contributed by atoms with Crippen molar-refractivity contribution in [3.63, 3.8) is 0 Å². The van der Waals surface area contributed by atoms with Gasteiger partial charge in [-0.25, -0.2) is 4.98 Å². The average Bonchev–Trinajstić information content (AvgIpc) is 2.64. The zero-order valence-corrected chi connectivity index (χ0v) is 12.7. The Labute approximate surface area is 134 Å². The zero-order chi connectivity index (χ0) is 15.9. The summed E-state index contributed by atoms with van der Waals surface area (Å²) in [4.78, 5) is 8.59. The highest BCUT2D eigenvalue weighted by Gasteiger charge is 2.09. The van der Waals surface area contributed by atoms with Crippen molar-refractivity contribution in [2.45, 2.75) is 0 Å². The lowest BCUT2D eigenvalue weighted by atomic mass is 10.1. The quantitative estimate of drug-likeness (QED) is 0.580. The number of nitrogens with zero attached hydrogens (tertiary/aromatic N) is 3. The summed E-state index contributed by atoms with van der Waals surface area (Å²) in [6.45, 7) is 0. The van der Waals surface area contributed by atoms with E-state index >= 15 is 0 Å². The maximum atomic E-state index is 5.20. The maximum absolute atomic E-state index is 5.20. The van der Waals surface area contributed by atoms with Crippen LogP contribution in [-0.2, 0) is 0 Å². The molecule has 0 radical (unpaired) electrons. The van der Waals surface area contributed by atoms with Crippen LogP contribution in [-0.4, -0.2) is 22.8 Å². The Hall–Kier alpha value is -3.21. The molecule has 2 heterocycles. The van der Waals surface area contributed by atoms with Gasteiger partial charge in [0.15, 0.2) is 0 Å². The lowest BCUT2D eigenvalue weighted by Crippen LogP contribution is -2.08. The summed E-state index contributed by atoms with van der Waals surface area (Å²) in [5.41, 5.74) is 5.43. The molecule has 1 aromatic carbocycles. The van der Waals surface area contributed by atoms with Crippen molar-refractivity contribution in [1.82, 2.24) is 9.97 Å². The van der Waals surface area contributed by atoms with Crippen LogP contribution in [0.1, 0.15) is 11.3 Å². The third-order valence-corrected chi connectivity index (χ3v) is 3.22. The fourth-order valence-corrected chi connectivity index (χ4v) is 2.06. The summed E-state index contributed by atoms with van der Waals surface area (Å²) in [5.74, 6) is 1.47. The number of rotatable bonds is 5. The molecule has 0 aliphatic carbocycles. The highest BCUT2D eigenvalue weighted by Crippen LogP contribution is 2.15. The van der Waals surface area contributed by atoms with E-state index in [9.17, 15) is 0 Å². The molecule has 114 valence electrons. The van der Waals surface area contributed by atoms with Crippen molar-refractivity contribution in [1.29, 1.82) is 0 Å². The van der Waals surface area contributed by atoms with Gasteiger partial charge in [0, 0.05) is 18.0 Å². The van der Waals surface area contributed by atoms with E-state index in [0.29, 0.717) is 5.82 Å². The van der Waals surface area contributed by atoms with Gasteiger partial charge in [-0.3, -0.25) is 10.4 Å². The standard InChI is InChI=1S/C18H16N4O/c1-23-15-10-8-14(9-11-15)18(16-6-2-4-12-19-16)22-21-17-7-3-5-13-20-17/h2-13H,1H3,(H,20,21)/b22-18-. The summed E-state index contributed by atoms with van der Waals surface area (Å²) in [7, 11) is 1.64. The van der Waals surface area contributed by atoms with Gasteiger partial charge in [0.25, 0.3) is 0 Å². The van der Waals surface area contributed by atoms with Crippen LogP contribution in [0.25, 0.3) is 0 Å². The third-order valence-electron chi connectivity index (χ3n) is 3.22. The molecule has 2 aromatic heterocycles. The number of hydrogen-bond acceptors (Lipinski definition) is 5. The minimum Gasteiger partial charge on any atom is -0.497 e. The van der Waals surface area contributed by atoms with Crippen molar-refractivity contribution in [2.75, 3.05) is 12.5 Å². The molecule has 3 rings (SSSR count). The normalized spacial score (nSPS) is 11.1. The van der Waals surface area contributed by atoms with E-state index < -0.39 is 0 Å². The number of hydrazone groups is 1. The van der Waals surface area contributed by atoms with Gasteiger partial charge in [0.05, 0.1) is 12.8 Å². The molecule has 0 saturated heterocycles. The minimum absolute atomic E-state index is 0.675. The van der Waals surface area contributed by atoms with Gasteiger partial charge in [0.1, 0.15) is 17.3 Å². The molecule has 0 spiro atoms. The fourth-order valence-electron chi connectivity index (χ4n) is 2.06. The topological polar surface area (TPSA) is 59.4 Å². The van der Waals surface area contributed by atoms with Gasteiger partial charge in [-0.2, -0.15) is 5.10 Å². The largest absolute Gasteiger partial charge is 0.497 e. The van der Waals surface area contributed by atoms with Crippen LogP contribution < -0.4 is 10.2 Å². The zero-order valence-electron chi connectivity index (χ0n) is 12.7. The number of hydrogen-bond donors (Lipinski definition) is 1. The van der Waals surface area contributed by atoms with Crippen LogP contribution in [0.3, 0.4) is 0 Å². The molecule has 5 nitrogen and oxygen atoms in total. The van der Waals surface area contributed by atoms with Crippen molar-refractivity contribution < 1.29 is 4.74 Å². The minimum atomic E-state index is 0.675. The van der Waals surface area contributed by atoms with E-state index in [2.05, 4.69) is 20.5 Å². The Morgan fingerprint density at radius 1 is 0.913 bits per heavy atom.